The molecule has 9 heteroatoms. The number of anilines is 1. The van der Waals surface area contributed by atoms with Crippen molar-refractivity contribution in [1.29, 1.82) is 0 Å². The van der Waals surface area contributed by atoms with Crippen LogP contribution in [-0.2, 0) is 26.3 Å². The summed E-state index contributed by atoms with van der Waals surface area (Å²) < 4.78 is 29.5. The molecule has 0 unspecified atom stereocenters. The van der Waals surface area contributed by atoms with Crippen LogP contribution in [0.25, 0.3) is 0 Å². The number of piperidine rings is 1. The Bertz CT molecular complexity index is 756. The van der Waals surface area contributed by atoms with Gasteiger partial charge >= 0.3 is 0 Å². The predicted octanol–water partition coefficient (Wildman–Crippen LogP) is 0.397. The largest absolute Gasteiger partial charge is 0.378 e. The molecular weight excluding hydrogens is 368 g/mol. The maximum Gasteiger partial charge on any atom is 0.276 e. The lowest BCUT2D eigenvalue weighted by atomic mass is 9.96. The molecule has 1 aromatic rings. The average Bonchev–Trinajstić information content (AvgIpc) is 2.68. The lowest BCUT2D eigenvalue weighted by molar-refractivity contribution is -0.135. The summed E-state index contributed by atoms with van der Waals surface area (Å²) in [5.41, 5.74) is 2.25. The van der Waals surface area contributed by atoms with Crippen LogP contribution in [0.3, 0.4) is 0 Å². The van der Waals surface area contributed by atoms with Gasteiger partial charge < -0.3 is 14.5 Å². The highest BCUT2D eigenvalue weighted by atomic mass is 32.2. The molecule has 2 N–H and O–H groups in total. The van der Waals surface area contributed by atoms with E-state index in [-0.39, 0.29) is 11.8 Å². The zero-order chi connectivity index (χ0) is 19.4. The van der Waals surface area contributed by atoms with Gasteiger partial charge in [-0.25, -0.2) is 5.14 Å². The minimum Gasteiger partial charge on any atom is -0.378 e. The van der Waals surface area contributed by atoms with Gasteiger partial charge in [-0.05, 0) is 24.5 Å². The summed E-state index contributed by atoms with van der Waals surface area (Å²) in [6.45, 7) is 4.25. The van der Waals surface area contributed by atoms with Crippen molar-refractivity contribution in [3.63, 3.8) is 0 Å². The molecule has 2 fully saturated rings. The maximum atomic E-state index is 12.8. The number of ether oxygens (including phenoxy) is 1. The first kappa shape index (κ1) is 20.1. The van der Waals surface area contributed by atoms with Gasteiger partial charge in [-0.2, -0.15) is 12.7 Å². The molecule has 0 aromatic heterocycles. The summed E-state index contributed by atoms with van der Waals surface area (Å²) in [5, 5.41) is 5.17. The summed E-state index contributed by atoms with van der Waals surface area (Å²) >= 11 is 0. The molecule has 0 saturated carbocycles. The van der Waals surface area contributed by atoms with Crippen LogP contribution in [0.2, 0.25) is 0 Å². The Labute approximate surface area is 161 Å². The van der Waals surface area contributed by atoms with Crippen molar-refractivity contribution < 1.29 is 17.9 Å². The molecule has 0 aliphatic carbocycles. The van der Waals surface area contributed by atoms with E-state index in [0.29, 0.717) is 45.7 Å². The second-order valence-corrected chi connectivity index (χ2v) is 8.69. The van der Waals surface area contributed by atoms with Gasteiger partial charge in [0.2, 0.25) is 5.91 Å². The SMILES string of the molecule is CN(Cc1ccccc1N1CCOCC1)C(=O)C1CCN(S(N)(=O)=O)CC1. The third-order valence-corrected chi connectivity index (χ3v) is 6.38. The molecule has 8 nitrogen and oxygen atoms in total. The van der Waals surface area contributed by atoms with Crippen molar-refractivity contribution in [2.75, 3.05) is 51.3 Å². The van der Waals surface area contributed by atoms with Gasteiger partial charge in [0.1, 0.15) is 0 Å². The summed E-state index contributed by atoms with van der Waals surface area (Å²) in [7, 11) is -1.86. The predicted molar refractivity (Wildman–Crippen MR) is 103 cm³/mol. The van der Waals surface area contributed by atoms with Gasteiger partial charge in [-0.3, -0.25) is 4.79 Å². The molecule has 2 heterocycles. The number of benzene rings is 1. The smallest absolute Gasteiger partial charge is 0.276 e. The average molecular weight is 397 g/mol. The lowest BCUT2D eigenvalue weighted by Gasteiger charge is -2.33. The van der Waals surface area contributed by atoms with Gasteiger partial charge in [0.05, 0.1) is 13.2 Å². The summed E-state index contributed by atoms with van der Waals surface area (Å²) in [6, 6.07) is 8.14. The Morgan fingerprint density at radius 2 is 1.81 bits per heavy atom. The number of carbonyl (C=O) groups excluding carboxylic acids is 1. The number of hydrogen-bond donors (Lipinski definition) is 1. The normalized spacial score (nSPS) is 19.9. The second-order valence-electron chi connectivity index (χ2n) is 7.14. The number of nitrogens with two attached hydrogens (primary N) is 1. The fourth-order valence-electron chi connectivity index (χ4n) is 3.76. The van der Waals surface area contributed by atoms with E-state index in [1.807, 2.05) is 19.2 Å². The first-order valence-electron chi connectivity index (χ1n) is 9.29. The van der Waals surface area contributed by atoms with Crippen LogP contribution < -0.4 is 10.0 Å². The molecule has 3 rings (SSSR count). The van der Waals surface area contributed by atoms with Crippen molar-refractivity contribution in [3.8, 4) is 0 Å². The highest BCUT2D eigenvalue weighted by Gasteiger charge is 2.31. The highest BCUT2D eigenvalue weighted by Crippen LogP contribution is 2.25. The van der Waals surface area contributed by atoms with Crippen molar-refractivity contribution in [3.05, 3.63) is 29.8 Å². The molecule has 0 atom stereocenters. The Balaban J connectivity index is 1.62. The van der Waals surface area contributed by atoms with E-state index in [1.54, 1.807) is 4.90 Å². The van der Waals surface area contributed by atoms with E-state index in [0.717, 1.165) is 24.3 Å². The minimum absolute atomic E-state index is 0.0563. The van der Waals surface area contributed by atoms with Crippen molar-refractivity contribution in [1.82, 2.24) is 9.21 Å². The van der Waals surface area contributed by atoms with Crippen LogP contribution in [0.4, 0.5) is 5.69 Å². The minimum atomic E-state index is -3.67. The van der Waals surface area contributed by atoms with Gasteiger partial charge in [0.15, 0.2) is 0 Å². The Kier molecular flexibility index (Phi) is 6.36. The van der Waals surface area contributed by atoms with Crippen LogP contribution in [-0.4, -0.2) is 70.0 Å². The van der Waals surface area contributed by atoms with Crippen LogP contribution in [0.15, 0.2) is 24.3 Å². The maximum absolute atomic E-state index is 12.8. The third-order valence-electron chi connectivity index (χ3n) is 5.29. The van der Waals surface area contributed by atoms with Gasteiger partial charge in [0.25, 0.3) is 10.2 Å². The van der Waals surface area contributed by atoms with E-state index in [2.05, 4.69) is 17.0 Å². The second kappa shape index (κ2) is 8.55. The monoisotopic (exact) mass is 396 g/mol. The third kappa shape index (κ3) is 4.98. The molecule has 1 aromatic carbocycles. The molecule has 1 amide bonds. The standard InChI is InChI=1S/C18H28N4O4S/c1-20(18(23)15-6-8-22(9-7-15)27(19,24)25)14-16-4-2-3-5-17(16)21-10-12-26-13-11-21/h2-5,15H,6-14H2,1H3,(H2,19,24,25). The van der Waals surface area contributed by atoms with E-state index < -0.39 is 10.2 Å². The van der Waals surface area contributed by atoms with E-state index in [4.69, 9.17) is 9.88 Å². The van der Waals surface area contributed by atoms with E-state index in [9.17, 15) is 13.2 Å². The zero-order valence-corrected chi connectivity index (χ0v) is 16.5. The number of carbonyl (C=O) groups is 1. The van der Waals surface area contributed by atoms with Crippen molar-refractivity contribution in [2.45, 2.75) is 19.4 Å². The van der Waals surface area contributed by atoms with Crippen molar-refractivity contribution >= 4 is 21.8 Å². The molecule has 2 aliphatic rings. The molecular formula is C18H28N4O4S. The number of nitrogens with zero attached hydrogens (tertiary/aromatic N) is 3. The lowest BCUT2D eigenvalue weighted by Crippen LogP contribution is -2.45. The van der Waals surface area contributed by atoms with Crippen LogP contribution in [0, 0.1) is 5.92 Å². The number of hydrogen-bond acceptors (Lipinski definition) is 5. The molecule has 0 radical (unpaired) electrons. The van der Waals surface area contributed by atoms with E-state index in [1.165, 1.54) is 4.31 Å². The summed E-state index contributed by atoms with van der Waals surface area (Å²) in [4.78, 5) is 16.9. The van der Waals surface area contributed by atoms with Gasteiger partial charge in [0, 0.05) is 51.4 Å². The Morgan fingerprint density at radius 1 is 1.19 bits per heavy atom. The molecule has 0 spiro atoms. The van der Waals surface area contributed by atoms with Crippen molar-refractivity contribution in [2.24, 2.45) is 11.1 Å². The fourth-order valence-corrected chi connectivity index (χ4v) is 4.48. The van der Waals surface area contributed by atoms with Crippen LogP contribution >= 0.6 is 0 Å². The summed E-state index contributed by atoms with van der Waals surface area (Å²) in [5.74, 6) is -0.107. The summed E-state index contributed by atoms with van der Waals surface area (Å²) in [6.07, 6.45) is 1.01. The number of rotatable bonds is 5. The number of amides is 1. The molecule has 0 bridgehead atoms. The number of para-hydroxylation sites is 1. The molecule has 27 heavy (non-hydrogen) atoms. The van der Waals surface area contributed by atoms with Gasteiger partial charge in [-0.1, -0.05) is 18.2 Å². The van der Waals surface area contributed by atoms with Crippen LogP contribution in [0.5, 0.6) is 0 Å². The van der Waals surface area contributed by atoms with Crippen LogP contribution in [0.1, 0.15) is 18.4 Å². The first-order valence-corrected chi connectivity index (χ1v) is 10.8. The van der Waals surface area contributed by atoms with E-state index >= 15 is 0 Å². The first-order chi connectivity index (χ1) is 12.9. The van der Waals surface area contributed by atoms with Gasteiger partial charge in [-0.15, -0.1) is 0 Å². The fraction of sp³-hybridized carbons (Fsp3) is 0.611. The Morgan fingerprint density at radius 3 is 2.44 bits per heavy atom. The zero-order valence-electron chi connectivity index (χ0n) is 15.7. The molecule has 150 valence electrons. The highest BCUT2D eigenvalue weighted by molar-refractivity contribution is 7.86. The molecule has 2 aliphatic heterocycles. The Hall–Kier alpha value is -1.68. The number of morpholine rings is 1. The quantitative estimate of drug-likeness (QED) is 0.777. The topological polar surface area (TPSA) is 96.2 Å². The molecule has 2 saturated heterocycles.